The zero-order valence-corrected chi connectivity index (χ0v) is 26.0. The largest absolute Gasteiger partial charge is 0.750 e. The van der Waals surface area contributed by atoms with E-state index in [1.807, 2.05) is 0 Å². The summed E-state index contributed by atoms with van der Waals surface area (Å²) in [6.45, 7) is 13.9. The molecular weight excluding hydrogens is 510 g/mol. The Bertz CT molecular complexity index is 261. The lowest BCUT2D eigenvalue weighted by atomic mass is 10.4. The maximum atomic E-state index is 8.56. The van der Waals surface area contributed by atoms with Crippen molar-refractivity contribution in [2.75, 3.05) is 37.0 Å². The molecule has 0 aromatic heterocycles. The molecule has 0 aliphatic rings. The molecule has 0 bridgehead atoms. The van der Waals surface area contributed by atoms with Crippen molar-refractivity contribution >= 4 is 44.2 Å². The molecule has 0 aromatic rings. The first-order chi connectivity index (χ1) is 14.4. The molecule has 0 saturated carbocycles. The Hall–Kier alpha value is 1.41. The fourth-order valence-electron chi connectivity index (χ4n) is 2.96. The van der Waals surface area contributed by atoms with E-state index in [-0.39, 0.29) is 17.0 Å². The topological polar surface area (TPSA) is 60.4 Å². The van der Waals surface area contributed by atoms with E-state index in [9.17, 15) is 0 Å². The highest BCUT2D eigenvalue weighted by molar-refractivity contribution is 8.93. The number of rotatable bonds is 18. The number of unbranched alkanes of at least 4 members (excludes halogenated alkanes) is 6. The van der Waals surface area contributed by atoms with Crippen LogP contribution < -0.4 is 0 Å². The van der Waals surface area contributed by atoms with E-state index >= 15 is 0 Å². The van der Waals surface area contributed by atoms with E-state index in [1.165, 1.54) is 77.0 Å². The van der Waals surface area contributed by atoms with Gasteiger partial charge in [-0.3, -0.25) is 0 Å². The van der Waals surface area contributed by atoms with Gasteiger partial charge in [-0.1, -0.05) is 80.1 Å². The summed E-state index contributed by atoms with van der Waals surface area (Å²) in [5, 5.41) is 0. The summed E-state index contributed by atoms with van der Waals surface area (Å²) >= 11 is -2.86. The molecule has 194 valence electrons. The van der Waals surface area contributed by atoms with E-state index in [0.717, 1.165) is 0 Å². The van der Waals surface area contributed by atoms with Gasteiger partial charge in [-0.15, -0.1) is 32.8 Å². The van der Waals surface area contributed by atoms with Crippen LogP contribution in [-0.4, -0.2) is 50.3 Å². The number of halogens is 1. The van der Waals surface area contributed by atoms with Gasteiger partial charge in [0.05, 0.1) is 11.4 Å². The highest BCUT2D eigenvalue weighted by atomic mass is 79.9. The summed E-state index contributed by atoms with van der Waals surface area (Å²) in [5.41, 5.74) is 0. The summed E-state index contributed by atoms with van der Waals surface area (Å²) in [6.07, 6.45) is 26.4. The lowest BCUT2D eigenvalue weighted by Crippen LogP contribution is -1.95. The van der Waals surface area contributed by atoms with Crippen LogP contribution in [-0.2, 0) is 11.4 Å². The van der Waals surface area contributed by atoms with Crippen LogP contribution in [0.4, 0.5) is 0 Å². The van der Waals surface area contributed by atoms with Gasteiger partial charge in [0.2, 0.25) is 0 Å². The van der Waals surface area contributed by atoms with Gasteiger partial charge < -0.3 is 9.11 Å². The summed E-state index contributed by atoms with van der Waals surface area (Å²) in [7, 11) is 0.843. The lowest BCUT2D eigenvalue weighted by Gasteiger charge is -2.16. The minimum absolute atomic E-state index is 0. The Morgan fingerprint density at radius 1 is 0.548 bits per heavy atom. The first-order valence-electron chi connectivity index (χ1n) is 12.7. The summed E-state index contributed by atoms with van der Waals surface area (Å²) in [4.78, 5) is 0. The minimum atomic E-state index is -2.86. The standard InChI is InChI=1S/2C12H27P.BrH.H2O3S/c2*1-4-7-10-13(11-8-5-2)12-9-6-3;;1-4(2)3/h2*4-12H2,1-3H3;1H;(H2,1,2,3)/p-1. The van der Waals surface area contributed by atoms with Crippen molar-refractivity contribution in [3.63, 3.8) is 0 Å². The normalized spacial score (nSPS) is 11.3. The van der Waals surface area contributed by atoms with Crippen LogP contribution in [0.5, 0.6) is 0 Å². The lowest BCUT2D eigenvalue weighted by molar-refractivity contribution is 0.436. The molecule has 0 fully saturated rings. The van der Waals surface area contributed by atoms with Crippen LogP contribution in [0.1, 0.15) is 119 Å². The van der Waals surface area contributed by atoms with Crippen LogP contribution in [0, 0.1) is 0 Å². The predicted octanol–water partition coefficient (Wildman–Crippen LogP) is 9.65. The fourth-order valence-corrected chi connectivity index (χ4v) is 8.88. The Kier molecular flexibility index (Phi) is 46.0. The fraction of sp³-hybridized carbons (Fsp3) is 1.00. The van der Waals surface area contributed by atoms with Gasteiger partial charge in [-0.05, 0) is 75.5 Å². The van der Waals surface area contributed by atoms with Crippen LogP contribution in [0.2, 0.25) is 0 Å². The highest BCUT2D eigenvalue weighted by Gasteiger charge is 2.06. The van der Waals surface area contributed by atoms with E-state index in [0.29, 0.717) is 15.8 Å². The average Bonchev–Trinajstić information content (AvgIpc) is 2.72. The Balaban J connectivity index is -0.000000195. The van der Waals surface area contributed by atoms with E-state index < -0.39 is 11.4 Å². The third-order valence-corrected chi connectivity index (χ3v) is 10.7. The number of hydrogen-bond acceptors (Lipinski definition) is 2. The monoisotopic (exact) mass is 565 g/mol. The molecule has 1 N–H and O–H groups in total. The van der Waals surface area contributed by atoms with Gasteiger partial charge in [0.15, 0.2) is 0 Å². The van der Waals surface area contributed by atoms with E-state index in [4.69, 9.17) is 13.3 Å². The molecule has 1 atom stereocenters. The minimum Gasteiger partial charge on any atom is -0.750 e. The van der Waals surface area contributed by atoms with Crippen molar-refractivity contribution in [1.29, 1.82) is 0 Å². The summed E-state index contributed by atoms with van der Waals surface area (Å²) < 4.78 is 24.1. The summed E-state index contributed by atoms with van der Waals surface area (Å²) in [6, 6.07) is 0. The molecule has 0 aliphatic carbocycles. The zero-order chi connectivity index (χ0) is 23.5. The van der Waals surface area contributed by atoms with Crippen molar-refractivity contribution < 1.29 is 13.3 Å². The molecule has 3 nitrogen and oxygen atoms in total. The first kappa shape index (κ1) is 39.6. The molecule has 0 spiro atoms. The molecule has 0 rings (SSSR count). The van der Waals surface area contributed by atoms with Crippen LogP contribution in [0.3, 0.4) is 0 Å². The molecule has 0 aliphatic heterocycles. The zero-order valence-electron chi connectivity index (χ0n) is 21.7. The van der Waals surface area contributed by atoms with E-state index in [1.54, 1.807) is 37.0 Å². The van der Waals surface area contributed by atoms with Crippen molar-refractivity contribution in [2.24, 2.45) is 0 Å². The van der Waals surface area contributed by atoms with Gasteiger partial charge in [0.25, 0.3) is 0 Å². The van der Waals surface area contributed by atoms with Gasteiger partial charge >= 0.3 is 0 Å². The molecular formula is C24H56BrO3P2S-. The second-order valence-electron chi connectivity index (χ2n) is 8.02. The smallest absolute Gasteiger partial charge is 0.0814 e. The Morgan fingerprint density at radius 2 is 0.677 bits per heavy atom. The Labute approximate surface area is 212 Å². The molecule has 0 saturated heterocycles. The second-order valence-corrected chi connectivity index (χ2v) is 13.8. The van der Waals surface area contributed by atoms with Gasteiger partial charge in [-0.25, -0.2) is 4.21 Å². The maximum Gasteiger partial charge on any atom is 0.0814 e. The molecule has 31 heavy (non-hydrogen) atoms. The first-order valence-corrected chi connectivity index (χ1v) is 17.5. The van der Waals surface area contributed by atoms with Crippen molar-refractivity contribution in [3.05, 3.63) is 0 Å². The Morgan fingerprint density at radius 3 is 0.774 bits per heavy atom. The van der Waals surface area contributed by atoms with Crippen molar-refractivity contribution in [3.8, 4) is 0 Å². The average molecular weight is 567 g/mol. The molecule has 0 aromatic carbocycles. The molecule has 1 unspecified atom stereocenters. The third-order valence-electron chi connectivity index (χ3n) is 4.97. The highest BCUT2D eigenvalue weighted by Crippen LogP contribution is 2.39. The van der Waals surface area contributed by atoms with Crippen molar-refractivity contribution in [2.45, 2.75) is 119 Å². The van der Waals surface area contributed by atoms with Gasteiger partial charge in [-0.2, -0.15) is 0 Å². The molecule has 0 radical (unpaired) electrons. The van der Waals surface area contributed by atoms with Crippen LogP contribution in [0.15, 0.2) is 0 Å². The molecule has 0 heterocycles. The molecule has 7 heteroatoms. The van der Waals surface area contributed by atoms with Gasteiger partial charge in [0, 0.05) is 0 Å². The van der Waals surface area contributed by atoms with E-state index in [2.05, 4.69) is 41.5 Å². The maximum absolute atomic E-state index is 8.56. The van der Waals surface area contributed by atoms with Crippen molar-refractivity contribution in [1.82, 2.24) is 0 Å². The second kappa shape index (κ2) is 36.0. The van der Waals surface area contributed by atoms with Gasteiger partial charge in [0.1, 0.15) is 0 Å². The van der Waals surface area contributed by atoms with Crippen LogP contribution >= 0.6 is 32.8 Å². The van der Waals surface area contributed by atoms with Crippen LogP contribution in [0.25, 0.3) is 0 Å². The summed E-state index contributed by atoms with van der Waals surface area (Å²) in [5.74, 6) is 0. The predicted molar refractivity (Wildman–Crippen MR) is 154 cm³/mol. The number of hydrogen-bond donors (Lipinski definition) is 1. The molecule has 0 amide bonds. The third kappa shape index (κ3) is 42.1. The quantitative estimate of drug-likeness (QED) is 0.133. The SMILES string of the molecule is Br.CCCCP(CCCC)CCCC.CCCCP(CCCC)CCCC.O=S([O-])O.